The highest BCUT2D eigenvalue weighted by Gasteiger charge is 2.47. The van der Waals surface area contributed by atoms with Crippen molar-refractivity contribution in [3.8, 4) is 0 Å². The van der Waals surface area contributed by atoms with Crippen molar-refractivity contribution >= 4 is 49.7 Å². The van der Waals surface area contributed by atoms with Crippen LogP contribution < -0.4 is 10.6 Å². The van der Waals surface area contributed by atoms with E-state index in [1.807, 2.05) is 42.5 Å². The van der Waals surface area contributed by atoms with Gasteiger partial charge in [0.15, 0.2) is 0 Å². The minimum atomic E-state index is -5.53. The summed E-state index contributed by atoms with van der Waals surface area (Å²) >= 11 is 1.27. The minimum Gasteiger partial charge on any atom is -0.384 e. The van der Waals surface area contributed by atoms with Crippen LogP contribution in [-0.4, -0.2) is 32.1 Å². The Hall–Kier alpha value is -2.72. The Morgan fingerprint density at radius 1 is 0.968 bits per heavy atom. The second-order valence-corrected chi connectivity index (χ2v) is 9.52. The summed E-state index contributed by atoms with van der Waals surface area (Å²) in [6, 6.07) is 16.4. The molecule has 0 atom stereocenters. The predicted molar refractivity (Wildman–Crippen MR) is 117 cm³/mol. The molecule has 0 bridgehead atoms. The number of thioether (sulfide) groups is 1. The van der Waals surface area contributed by atoms with Crippen molar-refractivity contribution in [1.29, 1.82) is 0 Å². The highest BCUT2D eigenvalue weighted by molar-refractivity contribution is 8.00. The Kier molecular flexibility index (Phi) is 6.80. The summed E-state index contributed by atoms with van der Waals surface area (Å²) in [5.41, 5.74) is -5.14. The molecule has 0 saturated carbocycles. The monoisotopic (exact) mass is 468 g/mol. The lowest BCUT2D eigenvalue weighted by Crippen LogP contribution is -2.24. The van der Waals surface area contributed by atoms with E-state index in [2.05, 4.69) is 10.6 Å². The summed E-state index contributed by atoms with van der Waals surface area (Å²) in [4.78, 5) is 12.4. The van der Waals surface area contributed by atoms with Crippen LogP contribution in [0.5, 0.6) is 0 Å². The van der Waals surface area contributed by atoms with Gasteiger partial charge in [-0.05, 0) is 48.0 Å². The average molecular weight is 469 g/mol. The predicted octanol–water partition coefficient (Wildman–Crippen LogP) is 5.30. The van der Waals surface area contributed by atoms with Gasteiger partial charge in [-0.3, -0.25) is 4.79 Å². The molecule has 3 rings (SSSR count). The van der Waals surface area contributed by atoms with E-state index in [1.165, 1.54) is 17.8 Å². The van der Waals surface area contributed by atoms with Gasteiger partial charge in [0.2, 0.25) is 5.91 Å². The van der Waals surface area contributed by atoms with Gasteiger partial charge in [0.05, 0.1) is 22.0 Å². The van der Waals surface area contributed by atoms with E-state index in [0.717, 1.165) is 27.8 Å². The third-order valence-electron chi connectivity index (χ3n) is 4.34. The molecule has 3 aromatic carbocycles. The summed E-state index contributed by atoms with van der Waals surface area (Å²) in [5.74, 6) is -0.473. The zero-order valence-corrected chi connectivity index (χ0v) is 18.0. The number of nitrogens with one attached hydrogen (secondary N) is 2. The van der Waals surface area contributed by atoms with E-state index in [1.54, 1.807) is 6.92 Å². The number of halogens is 3. The van der Waals surface area contributed by atoms with Crippen LogP contribution in [0.3, 0.4) is 0 Å². The molecule has 0 heterocycles. The minimum absolute atomic E-state index is 0.000152. The lowest BCUT2D eigenvalue weighted by Gasteiger charge is -2.15. The molecule has 0 radical (unpaired) electrons. The Labute approximate surface area is 182 Å². The van der Waals surface area contributed by atoms with Gasteiger partial charge < -0.3 is 10.6 Å². The number of carbonyl (C=O) groups is 1. The van der Waals surface area contributed by atoms with Crippen LogP contribution in [-0.2, 0) is 14.6 Å². The maximum Gasteiger partial charge on any atom is 0.501 e. The first kappa shape index (κ1) is 23.0. The quantitative estimate of drug-likeness (QED) is 0.461. The number of hydrogen-bond donors (Lipinski definition) is 2. The highest BCUT2D eigenvalue weighted by atomic mass is 32.2. The number of hydrogen-bond acceptors (Lipinski definition) is 5. The third-order valence-corrected chi connectivity index (χ3v) is 6.82. The Bertz CT molecular complexity index is 1210. The number of benzene rings is 3. The molecule has 3 aromatic rings. The number of amides is 1. The van der Waals surface area contributed by atoms with Crippen molar-refractivity contribution in [3.63, 3.8) is 0 Å². The summed E-state index contributed by atoms with van der Waals surface area (Å²) < 4.78 is 62.1. The van der Waals surface area contributed by atoms with Crippen LogP contribution in [0, 0.1) is 0 Å². The molecule has 164 valence electrons. The molecular weight excluding hydrogens is 449 g/mol. The first-order chi connectivity index (χ1) is 14.6. The van der Waals surface area contributed by atoms with Crippen molar-refractivity contribution in [2.75, 3.05) is 22.9 Å². The topological polar surface area (TPSA) is 75.3 Å². The second kappa shape index (κ2) is 9.19. The molecule has 0 aliphatic rings. The first-order valence-corrected chi connectivity index (χ1v) is 11.7. The van der Waals surface area contributed by atoms with Gasteiger partial charge >= 0.3 is 5.51 Å². The SMILES string of the molecule is CCNc1ccc(S(=O)(=O)C(F)(F)F)cc1NC(=O)CSc1ccc2ccccc2c1. The number of fused-ring (bicyclic) bond motifs is 1. The lowest BCUT2D eigenvalue weighted by atomic mass is 10.1. The van der Waals surface area contributed by atoms with E-state index in [9.17, 15) is 26.4 Å². The smallest absolute Gasteiger partial charge is 0.384 e. The molecule has 0 aliphatic carbocycles. The van der Waals surface area contributed by atoms with Gasteiger partial charge in [0.25, 0.3) is 9.84 Å². The summed E-state index contributed by atoms with van der Waals surface area (Å²) in [5, 5.41) is 7.49. The molecule has 0 fully saturated rings. The van der Waals surface area contributed by atoms with Crippen molar-refractivity contribution in [2.24, 2.45) is 0 Å². The standard InChI is InChI=1S/C21H19F3N2O3S2/c1-2-25-18-10-9-17(31(28,29)21(22,23)24)12-19(18)26-20(27)13-30-16-8-7-14-5-3-4-6-15(14)11-16/h3-12,25H,2,13H2,1H3,(H,26,27). The van der Waals surface area contributed by atoms with Crippen LogP contribution in [0.4, 0.5) is 24.5 Å². The second-order valence-electron chi connectivity index (χ2n) is 6.53. The fourth-order valence-electron chi connectivity index (χ4n) is 2.86. The molecule has 2 N–H and O–H groups in total. The molecule has 0 saturated heterocycles. The van der Waals surface area contributed by atoms with Gasteiger partial charge in [0.1, 0.15) is 0 Å². The lowest BCUT2D eigenvalue weighted by molar-refractivity contribution is -0.113. The number of rotatable bonds is 7. The van der Waals surface area contributed by atoms with Gasteiger partial charge in [-0.15, -0.1) is 11.8 Å². The van der Waals surface area contributed by atoms with Crippen molar-refractivity contribution in [1.82, 2.24) is 0 Å². The van der Waals surface area contributed by atoms with Gasteiger partial charge in [0, 0.05) is 11.4 Å². The fraction of sp³-hybridized carbons (Fsp3) is 0.190. The largest absolute Gasteiger partial charge is 0.501 e. The van der Waals surface area contributed by atoms with Crippen LogP contribution in [0.1, 0.15) is 6.92 Å². The van der Waals surface area contributed by atoms with E-state index in [0.29, 0.717) is 12.2 Å². The molecule has 10 heteroatoms. The molecule has 0 spiro atoms. The normalized spacial score (nSPS) is 12.0. The Morgan fingerprint density at radius 3 is 2.35 bits per heavy atom. The molecule has 31 heavy (non-hydrogen) atoms. The molecule has 0 aromatic heterocycles. The van der Waals surface area contributed by atoms with Crippen LogP contribution in [0.2, 0.25) is 0 Å². The van der Waals surface area contributed by atoms with Crippen molar-refractivity contribution in [3.05, 3.63) is 60.7 Å². The third kappa shape index (κ3) is 5.31. The highest BCUT2D eigenvalue weighted by Crippen LogP contribution is 2.34. The van der Waals surface area contributed by atoms with Crippen LogP contribution in [0.25, 0.3) is 10.8 Å². The zero-order chi connectivity index (χ0) is 22.6. The van der Waals surface area contributed by atoms with E-state index < -0.39 is 26.1 Å². The average Bonchev–Trinajstić information content (AvgIpc) is 2.72. The summed E-state index contributed by atoms with van der Waals surface area (Å²) in [6.07, 6.45) is 0. The van der Waals surface area contributed by atoms with Crippen LogP contribution in [0.15, 0.2) is 70.5 Å². The van der Waals surface area contributed by atoms with E-state index in [-0.39, 0.29) is 11.4 Å². The molecule has 1 amide bonds. The summed E-state index contributed by atoms with van der Waals surface area (Å²) in [7, 11) is -5.53. The number of carbonyl (C=O) groups excluding carboxylic acids is 1. The molecule has 0 unspecified atom stereocenters. The van der Waals surface area contributed by atoms with E-state index >= 15 is 0 Å². The van der Waals surface area contributed by atoms with Crippen LogP contribution >= 0.6 is 11.8 Å². The number of anilines is 2. The first-order valence-electron chi connectivity index (χ1n) is 9.22. The maximum absolute atomic E-state index is 12.9. The van der Waals surface area contributed by atoms with Gasteiger partial charge in [-0.25, -0.2) is 8.42 Å². The summed E-state index contributed by atoms with van der Waals surface area (Å²) in [6.45, 7) is 2.20. The van der Waals surface area contributed by atoms with Crippen molar-refractivity contribution < 1.29 is 26.4 Å². The fourth-order valence-corrected chi connectivity index (χ4v) is 4.40. The number of alkyl halides is 3. The Morgan fingerprint density at radius 2 is 1.68 bits per heavy atom. The van der Waals surface area contributed by atoms with Crippen molar-refractivity contribution in [2.45, 2.75) is 22.2 Å². The van der Waals surface area contributed by atoms with Gasteiger partial charge in [-0.1, -0.05) is 30.3 Å². The Balaban J connectivity index is 1.77. The molecule has 0 aliphatic heterocycles. The maximum atomic E-state index is 12.9. The van der Waals surface area contributed by atoms with E-state index in [4.69, 9.17) is 0 Å². The van der Waals surface area contributed by atoms with Gasteiger partial charge in [-0.2, -0.15) is 13.2 Å². The zero-order valence-electron chi connectivity index (χ0n) is 16.4. The number of sulfone groups is 1. The molecule has 5 nitrogen and oxygen atoms in total. The molecular formula is C21H19F3N2O3S2.